The van der Waals surface area contributed by atoms with Gasteiger partial charge in [0, 0.05) is 43.8 Å². The maximum atomic E-state index is 5.77. The average Bonchev–Trinajstić information content (AvgIpc) is 3.28. The Hall–Kier alpha value is -3.29. The number of nitrogens with zero attached hydrogens (tertiary/aromatic N) is 5. The molecular weight excluding hydrogens is 370 g/mol. The molecule has 0 amide bonds. The van der Waals surface area contributed by atoms with Crippen LogP contribution >= 0.6 is 0 Å². The van der Waals surface area contributed by atoms with E-state index in [2.05, 4.69) is 24.6 Å². The van der Waals surface area contributed by atoms with Crippen molar-refractivity contribution in [1.29, 1.82) is 0 Å². The number of rotatable bonds is 4. The Morgan fingerprint density at radius 1 is 1.07 bits per heavy atom. The lowest BCUT2D eigenvalue weighted by atomic mass is 10.0. The topological polar surface area (TPSA) is 74.5 Å². The number of methoxy groups -OCH3 is 1. The van der Waals surface area contributed by atoms with E-state index >= 15 is 0 Å². The summed E-state index contributed by atoms with van der Waals surface area (Å²) in [5, 5.41) is 8.23. The van der Waals surface area contributed by atoms with Gasteiger partial charge in [-0.3, -0.25) is 0 Å². The number of piperidine rings is 1. The number of aromatic nitrogens is 4. The van der Waals surface area contributed by atoms with Crippen LogP contribution in [0.25, 0.3) is 11.4 Å². The molecule has 4 heterocycles. The van der Waals surface area contributed by atoms with E-state index in [-0.39, 0.29) is 0 Å². The summed E-state index contributed by atoms with van der Waals surface area (Å²) in [5.74, 6) is 4.01. The molecule has 0 aliphatic carbocycles. The first-order valence-corrected chi connectivity index (χ1v) is 9.87. The van der Waals surface area contributed by atoms with Gasteiger partial charge in [0.1, 0.15) is 24.8 Å². The maximum absolute atomic E-state index is 5.77. The van der Waals surface area contributed by atoms with Gasteiger partial charge in [0.25, 0.3) is 0 Å². The van der Waals surface area contributed by atoms with E-state index in [1.165, 1.54) is 0 Å². The fourth-order valence-electron chi connectivity index (χ4n) is 4.07. The molecule has 0 radical (unpaired) electrons. The van der Waals surface area contributed by atoms with Crippen molar-refractivity contribution in [2.75, 3.05) is 38.3 Å². The molecule has 0 bridgehead atoms. The summed E-state index contributed by atoms with van der Waals surface area (Å²) in [6, 6.07) is 8.16. The molecule has 8 nitrogen and oxygen atoms in total. The van der Waals surface area contributed by atoms with Crippen molar-refractivity contribution in [3.05, 3.63) is 42.9 Å². The minimum atomic E-state index is 0.360. The molecule has 2 aliphatic rings. The molecule has 0 atom stereocenters. The van der Waals surface area contributed by atoms with Gasteiger partial charge in [-0.25, -0.2) is 4.98 Å². The summed E-state index contributed by atoms with van der Waals surface area (Å²) < 4.78 is 19.4. The van der Waals surface area contributed by atoms with Gasteiger partial charge in [0.05, 0.1) is 12.7 Å². The lowest BCUT2D eigenvalue weighted by Crippen LogP contribution is -2.35. The van der Waals surface area contributed by atoms with Crippen LogP contribution in [0.2, 0.25) is 0 Å². The van der Waals surface area contributed by atoms with Gasteiger partial charge in [0.15, 0.2) is 17.3 Å². The molecule has 2 aromatic heterocycles. The summed E-state index contributed by atoms with van der Waals surface area (Å²) >= 11 is 0. The zero-order valence-electron chi connectivity index (χ0n) is 16.3. The predicted octanol–water partition coefficient (Wildman–Crippen LogP) is 2.96. The molecule has 0 saturated carbocycles. The van der Waals surface area contributed by atoms with Crippen molar-refractivity contribution >= 4 is 5.82 Å². The minimum Gasteiger partial charge on any atom is -0.496 e. The summed E-state index contributed by atoms with van der Waals surface area (Å²) in [4.78, 5) is 6.93. The number of anilines is 1. The second-order valence-corrected chi connectivity index (χ2v) is 7.15. The van der Waals surface area contributed by atoms with E-state index in [0.29, 0.717) is 25.0 Å². The van der Waals surface area contributed by atoms with E-state index < -0.39 is 0 Å². The maximum Gasteiger partial charge on any atom is 0.165 e. The van der Waals surface area contributed by atoms with Gasteiger partial charge in [-0.05, 0) is 31.0 Å². The largest absolute Gasteiger partial charge is 0.496 e. The van der Waals surface area contributed by atoms with Gasteiger partial charge >= 0.3 is 0 Å². The van der Waals surface area contributed by atoms with E-state index in [1.807, 2.05) is 36.7 Å². The van der Waals surface area contributed by atoms with Crippen LogP contribution in [0.15, 0.2) is 42.9 Å². The first kappa shape index (κ1) is 17.8. The standard InChI is InChI=1S/C21H23N5O3/c1-27-17-14-19-18(28-11-12-29-19)13-16(17)21-22-7-10-26(21)15-4-8-25(9-5-15)20-3-2-6-23-24-20/h2-3,6-7,10,13-15H,4-5,8-9,11-12H2,1H3. The highest BCUT2D eigenvalue weighted by Crippen LogP contribution is 2.42. The van der Waals surface area contributed by atoms with Crippen LogP contribution in [0.5, 0.6) is 17.2 Å². The Morgan fingerprint density at radius 3 is 2.59 bits per heavy atom. The summed E-state index contributed by atoms with van der Waals surface area (Å²) in [6.07, 6.45) is 7.61. The Bertz CT molecular complexity index is 983. The molecule has 150 valence electrons. The number of fused-ring (bicyclic) bond motifs is 1. The van der Waals surface area contributed by atoms with E-state index in [1.54, 1.807) is 13.3 Å². The average molecular weight is 393 g/mol. The van der Waals surface area contributed by atoms with Gasteiger partial charge in [0.2, 0.25) is 0 Å². The molecule has 0 spiro atoms. The predicted molar refractivity (Wildman–Crippen MR) is 108 cm³/mol. The summed E-state index contributed by atoms with van der Waals surface area (Å²) in [7, 11) is 1.67. The smallest absolute Gasteiger partial charge is 0.165 e. The lowest BCUT2D eigenvalue weighted by Gasteiger charge is -2.33. The molecule has 29 heavy (non-hydrogen) atoms. The van der Waals surface area contributed by atoms with Crippen LogP contribution in [0.4, 0.5) is 5.82 Å². The highest BCUT2D eigenvalue weighted by Gasteiger charge is 2.26. The van der Waals surface area contributed by atoms with Gasteiger partial charge in [-0.15, -0.1) is 5.10 Å². The normalized spacial score (nSPS) is 16.7. The molecule has 0 unspecified atom stereocenters. The van der Waals surface area contributed by atoms with E-state index in [4.69, 9.17) is 14.2 Å². The zero-order chi connectivity index (χ0) is 19.6. The quantitative estimate of drug-likeness (QED) is 0.675. The number of imidazole rings is 1. The molecule has 0 N–H and O–H groups in total. The van der Waals surface area contributed by atoms with Crippen molar-refractivity contribution in [2.45, 2.75) is 18.9 Å². The molecule has 1 aromatic carbocycles. The number of hydrogen-bond donors (Lipinski definition) is 0. The highest BCUT2D eigenvalue weighted by atomic mass is 16.6. The van der Waals surface area contributed by atoms with Crippen LogP contribution < -0.4 is 19.1 Å². The van der Waals surface area contributed by atoms with Crippen LogP contribution in [0, 0.1) is 0 Å². The molecular formula is C21H23N5O3. The van der Waals surface area contributed by atoms with Gasteiger partial charge in [-0.1, -0.05) is 0 Å². The molecule has 1 fully saturated rings. The first-order valence-electron chi connectivity index (χ1n) is 9.87. The number of ether oxygens (including phenoxy) is 3. The Kier molecular flexibility index (Phi) is 4.67. The fourth-order valence-corrected chi connectivity index (χ4v) is 4.07. The summed E-state index contributed by atoms with van der Waals surface area (Å²) in [6.45, 7) is 2.96. The number of benzene rings is 1. The SMILES string of the molecule is COc1cc2c(cc1-c1nccn1C1CCN(c3cccnn3)CC1)OCCO2. The molecule has 3 aromatic rings. The lowest BCUT2D eigenvalue weighted by molar-refractivity contribution is 0.171. The van der Waals surface area contributed by atoms with Crippen LogP contribution in [-0.2, 0) is 0 Å². The third kappa shape index (κ3) is 3.35. The Balaban J connectivity index is 1.41. The molecule has 2 aliphatic heterocycles. The van der Waals surface area contributed by atoms with Crippen molar-refractivity contribution in [2.24, 2.45) is 0 Å². The highest BCUT2D eigenvalue weighted by molar-refractivity contribution is 5.70. The Morgan fingerprint density at radius 2 is 1.86 bits per heavy atom. The fraction of sp³-hybridized carbons (Fsp3) is 0.381. The van der Waals surface area contributed by atoms with Gasteiger partial charge < -0.3 is 23.7 Å². The van der Waals surface area contributed by atoms with Crippen molar-refractivity contribution in [1.82, 2.24) is 19.7 Å². The third-order valence-corrected chi connectivity index (χ3v) is 5.51. The van der Waals surface area contributed by atoms with Crippen molar-refractivity contribution < 1.29 is 14.2 Å². The van der Waals surface area contributed by atoms with E-state index in [0.717, 1.165) is 54.6 Å². The molecule has 1 saturated heterocycles. The molecule has 8 heteroatoms. The second-order valence-electron chi connectivity index (χ2n) is 7.15. The Labute approximate surface area is 169 Å². The number of hydrogen-bond acceptors (Lipinski definition) is 7. The zero-order valence-corrected chi connectivity index (χ0v) is 16.3. The van der Waals surface area contributed by atoms with Crippen LogP contribution in [0.3, 0.4) is 0 Å². The van der Waals surface area contributed by atoms with E-state index in [9.17, 15) is 0 Å². The van der Waals surface area contributed by atoms with Crippen molar-refractivity contribution in [3.8, 4) is 28.6 Å². The van der Waals surface area contributed by atoms with Gasteiger partial charge in [-0.2, -0.15) is 5.10 Å². The van der Waals surface area contributed by atoms with Crippen molar-refractivity contribution in [3.63, 3.8) is 0 Å². The third-order valence-electron chi connectivity index (χ3n) is 5.51. The monoisotopic (exact) mass is 393 g/mol. The molecule has 5 rings (SSSR count). The minimum absolute atomic E-state index is 0.360. The first-order chi connectivity index (χ1) is 14.3. The van der Waals surface area contributed by atoms with Crippen LogP contribution in [-0.4, -0.2) is 53.2 Å². The second kappa shape index (κ2) is 7.62. The summed E-state index contributed by atoms with van der Waals surface area (Å²) in [5.41, 5.74) is 0.915. The van der Waals surface area contributed by atoms with Crippen LogP contribution in [0.1, 0.15) is 18.9 Å².